The van der Waals surface area contributed by atoms with Crippen LogP contribution in [0.3, 0.4) is 0 Å². The molecule has 4 aromatic heterocycles. The second kappa shape index (κ2) is 33.1. The summed E-state index contributed by atoms with van der Waals surface area (Å²) in [6.07, 6.45) is 16.0. The van der Waals surface area contributed by atoms with Crippen molar-refractivity contribution >= 4 is 36.1 Å². The number of carbonyl (C=O) groups excluding carboxylic acids is 5. The lowest BCUT2D eigenvalue weighted by atomic mass is 9.95. The summed E-state index contributed by atoms with van der Waals surface area (Å²) >= 11 is 0. The molecule has 104 heavy (non-hydrogen) atoms. The first-order valence-electron chi connectivity index (χ1n) is 36.9. The SMILES string of the molecule is COC(=O)N[C@H](C(=O)N1CCC[C@H]1c1ncc(-c2ccc(-c3ccc4c(c3)CCCc3[nH]c([C@@H]5CCCN5C(=O)[C@@H](NC(=O)OC)C(C)C)nc3-4)cc2)[nH]1)C(C)C.COC(=O)N[C@H](C(=O)O)C(C)C.c1cc(-c2cnc([C@@H]3CCCN3)[nH]2)ccc1-c1ccc2c(c1)CCCc1[nH]c([C@@H]3CCCN3)nc1-2. The number of nitrogens with one attached hydrogen (secondary N) is 9. The number of ether oxygens (including phenoxy) is 3. The third-order valence-electron chi connectivity index (χ3n) is 21.0. The molecule has 5 amide bonds. The van der Waals surface area contributed by atoms with Gasteiger partial charge in [0.2, 0.25) is 11.8 Å². The molecule has 0 saturated carbocycles. The monoisotopic (exact) mass is 1420 g/mol. The fourth-order valence-electron chi connectivity index (χ4n) is 15.2. The summed E-state index contributed by atoms with van der Waals surface area (Å²) in [6, 6.07) is 28.9. The van der Waals surface area contributed by atoms with Gasteiger partial charge < -0.3 is 75.6 Å². The van der Waals surface area contributed by atoms with Crippen LogP contribution in [0.25, 0.3) is 67.3 Å². The number of aromatic nitrogens is 8. The number of aromatic amines is 4. The molecule has 10 N–H and O–H groups in total. The number of aryl methyl sites for hydroxylation is 4. The molecule has 14 rings (SSSR count). The third kappa shape index (κ3) is 16.6. The molecule has 550 valence electrons. The van der Waals surface area contributed by atoms with Gasteiger partial charge in [-0.2, -0.15) is 0 Å². The topological polar surface area (TPSA) is 332 Å². The molecule has 0 spiro atoms. The number of nitrogens with zero attached hydrogens (tertiary/aromatic N) is 6. The van der Waals surface area contributed by atoms with Crippen LogP contribution in [0.2, 0.25) is 0 Å². The lowest BCUT2D eigenvalue weighted by Gasteiger charge is -2.30. The van der Waals surface area contributed by atoms with E-state index in [9.17, 15) is 28.8 Å². The highest BCUT2D eigenvalue weighted by Gasteiger charge is 2.40. The average molecular weight is 1420 g/mol. The second-order valence-electron chi connectivity index (χ2n) is 29.0. The van der Waals surface area contributed by atoms with E-state index in [1.807, 2.05) is 49.9 Å². The highest BCUT2D eigenvalue weighted by Crippen LogP contribution is 2.41. The smallest absolute Gasteiger partial charge is 0.407 e. The van der Waals surface area contributed by atoms with Crippen molar-refractivity contribution in [2.75, 3.05) is 47.5 Å². The van der Waals surface area contributed by atoms with Gasteiger partial charge in [-0.05, 0) is 165 Å². The van der Waals surface area contributed by atoms with Gasteiger partial charge >= 0.3 is 24.2 Å². The predicted molar refractivity (Wildman–Crippen MR) is 396 cm³/mol. The Morgan fingerprint density at radius 2 is 0.846 bits per heavy atom. The molecule has 2 aliphatic carbocycles. The molecule has 25 nitrogen and oxygen atoms in total. The van der Waals surface area contributed by atoms with Crippen LogP contribution in [0.15, 0.2) is 97.3 Å². The number of carbonyl (C=O) groups is 6. The summed E-state index contributed by atoms with van der Waals surface area (Å²) in [5.74, 6) is 2.01. The van der Waals surface area contributed by atoms with E-state index in [1.165, 1.54) is 79.7 Å². The Kier molecular flexibility index (Phi) is 23.4. The van der Waals surface area contributed by atoms with E-state index in [0.717, 1.165) is 158 Å². The quantitative estimate of drug-likeness (QED) is 0.0379. The summed E-state index contributed by atoms with van der Waals surface area (Å²) in [7, 11) is 3.78. The van der Waals surface area contributed by atoms with Crippen LogP contribution < -0.4 is 26.6 Å². The number of carboxylic acid groups (broad SMARTS) is 1. The standard InChI is InChI=1S/C43H54N8O6.C29H32N6.C7H13NO4/c1-24(2)35(48-42(54)56-5)40(52)50-20-8-12-33(50)38-44-23-32(46-38)27-16-14-26(15-17-27)28-18-19-30-29(22-28)10-7-11-31-37(30)47-39(45-31)34-13-9-21-51(34)41(53)36(25(3)4)49-43(55)57-6;1-4-21-16-20(12-13-22(21)27-23(5-1)33-29(35-27)25-7-3-15-31-25)18-8-10-19(11-9-18)26-17-32-28(34-26)24-6-2-14-30-24;1-4(2)5(6(9)10)8-7(11)12-3/h14-19,22-25,33-36H,7-13,20-21H2,1-6H3,(H,44,46)(H,45,47)(H,48,54)(H,49,55);8-13,16-17,24-25,30-31H,1-7,14-15H2,(H,32,34)(H,33,35);4-5H,1-3H3,(H,8,11)(H,9,10)/t33-,34-,35-,36-;24-,25-;5-/m000/s1. The number of hydrogen-bond acceptors (Lipinski definition) is 15. The summed E-state index contributed by atoms with van der Waals surface area (Å²) in [4.78, 5) is 110. The number of fused-ring (bicyclic) bond motifs is 6. The summed E-state index contributed by atoms with van der Waals surface area (Å²) < 4.78 is 13.8. The van der Waals surface area contributed by atoms with Crippen molar-refractivity contribution < 1.29 is 48.1 Å². The van der Waals surface area contributed by atoms with Crippen LogP contribution in [0, 0.1) is 17.8 Å². The normalized spacial score (nSPS) is 19.0. The van der Waals surface area contributed by atoms with Crippen molar-refractivity contribution in [3.63, 3.8) is 0 Å². The van der Waals surface area contributed by atoms with Gasteiger partial charge in [-0.1, -0.05) is 126 Å². The van der Waals surface area contributed by atoms with E-state index in [1.54, 1.807) is 13.8 Å². The summed E-state index contributed by atoms with van der Waals surface area (Å²) in [6.45, 7) is 14.4. The van der Waals surface area contributed by atoms with Gasteiger partial charge in [0.05, 0.1) is 80.7 Å². The van der Waals surface area contributed by atoms with E-state index in [2.05, 4.69) is 141 Å². The van der Waals surface area contributed by atoms with Gasteiger partial charge in [0.1, 0.15) is 41.4 Å². The van der Waals surface area contributed by atoms with Gasteiger partial charge in [0, 0.05) is 35.6 Å². The maximum Gasteiger partial charge on any atom is 0.407 e. The number of alkyl carbamates (subject to hydrolysis) is 3. The highest BCUT2D eigenvalue weighted by atomic mass is 16.5. The lowest BCUT2D eigenvalue weighted by Crippen LogP contribution is -2.51. The molecule has 4 aromatic carbocycles. The van der Waals surface area contributed by atoms with Gasteiger partial charge in [-0.25, -0.2) is 39.1 Å². The molecule has 25 heteroatoms. The molecule has 6 aliphatic rings. The molecular weight excluding hydrogens is 1320 g/mol. The van der Waals surface area contributed by atoms with E-state index in [0.29, 0.717) is 25.2 Å². The fourth-order valence-corrected chi connectivity index (χ4v) is 15.2. The minimum atomic E-state index is -1.06. The molecule has 0 radical (unpaired) electrons. The maximum absolute atomic E-state index is 13.7. The summed E-state index contributed by atoms with van der Waals surface area (Å²) in [5.41, 5.74) is 18.4. The number of hydrogen-bond donors (Lipinski definition) is 10. The molecular formula is C79H99N15O10. The Morgan fingerprint density at radius 3 is 1.28 bits per heavy atom. The molecule has 8 heterocycles. The number of aliphatic carboxylic acids is 1. The zero-order chi connectivity index (χ0) is 73.3. The van der Waals surface area contributed by atoms with Gasteiger partial charge in [-0.15, -0.1) is 0 Å². The zero-order valence-electron chi connectivity index (χ0n) is 61.0. The Bertz CT molecular complexity index is 4330. The number of likely N-dealkylation sites (tertiary alicyclic amines) is 2. The van der Waals surface area contributed by atoms with Crippen molar-refractivity contribution in [1.82, 2.24) is 76.3 Å². The van der Waals surface area contributed by atoms with Crippen LogP contribution in [-0.2, 0) is 54.3 Å². The maximum atomic E-state index is 13.7. The number of methoxy groups -OCH3 is 3. The van der Waals surface area contributed by atoms with E-state index in [-0.39, 0.29) is 41.7 Å². The second-order valence-corrected chi connectivity index (χ2v) is 29.0. The number of carboxylic acids is 1. The minimum absolute atomic E-state index is 0.101. The van der Waals surface area contributed by atoms with Crippen molar-refractivity contribution in [2.24, 2.45) is 17.8 Å². The number of benzene rings is 4. The highest BCUT2D eigenvalue weighted by molar-refractivity contribution is 5.88. The summed E-state index contributed by atoms with van der Waals surface area (Å²) in [5, 5.41) is 23.4. The zero-order valence-corrected chi connectivity index (χ0v) is 61.0. The molecule has 0 bridgehead atoms. The van der Waals surface area contributed by atoms with Crippen LogP contribution in [0.4, 0.5) is 14.4 Å². The first kappa shape index (κ1) is 73.6. The fraction of sp³-hybridized carbons (Fsp3) is 0.468. The van der Waals surface area contributed by atoms with Gasteiger partial charge in [-0.3, -0.25) is 9.59 Å². The van der Waals surface area contributed by atoms with Crippen molar-refractivity contribution in [2.45, 2.75) is 174 Å². The van der Waals surface area contributed by atoms with Gasteiger partial charge in [0.25, 0.3) is 0 Å². The van der Waals surface area contributed by atoms with Crippen molar-refractivity contribution in [1.29, 1.82) is 0 Å². The van der Waals surface area contributed by atoms with E-state index in [4.69, 9.17) is 29.5 Å². The number of amides is 5. The molecule has 4 aliphatic heterocycles. The molecule has 4 fully saturated rings. The molecule has 4 saturated heterocycles. The van der Waals surface area contributed by atoms with E-state index < -0.39 is 42.4 Å². The average Bonchev–Trinajstić information content (AvgIpc) is 1.64. The number of H-pyrrole nitrogens is 4. The molecule has 8 aromatic rings. The minimum Gasteiger partial charge on any atom is -0.480 e. The first-order chi connectivity index (χ1) is 50.3. The van der Waals surface area contributed by atoms with Crippen molar-refractivity contribution in [3.05, 3.63) is 143 Å². The Hall–Kier alpha value is -10.1. The Balaban J connectivity index is 0.000000182. The predicted octanol–water partition coefficient (Wildman–Crippen LogP) is 12.6. The van der Waals surface area contributed by atoms with Crippen molar-refractivity contribution in [3.8, 4) is 67.3 Å². The van der Waals surface area contributed by atoms with Gasteiger partial charge in [0.15, 0.2) is 0 Å². The van der Waals surface area contributed by atoms with Crippen LogP contribution in [-0.4, -0.2) is 156 Å². The van der Waals surface area contributed by atoms with Crippen LogP contribution >= 0.6 is 0 Å². The van der Waals surface area contributed by atoms with Crippen LogP contribution in [0.5, 0.6) is 0 Å². The largest absolute Gasteiger partial charge is 0.480 e. The molecule has 7 atom stereocenters. The molecule has 0 unspecified atom stereocenters. The lowest BCUT2D eigenvalue weighted by molar-refractivity contribution is -0.140. The number of imidazole rings is 4. The first-order valence-corrected chi connectivity index (χ1v) is 36.9. The Labute approximate surface area is 607 Å². The third-order valence-corrected chi connectivity index (χ3v) is 21.0. The Morgan fingerprint density at radius 1 is 0.452 bits per heavy atom. The van der Waals surface area contributed by atoms with Crippen LogP contribution in [0.1, 0.15) is 176 Å². The number of rotatable bonds is 17. The van der Waals surface area contributed by atoms with E-state index >= 15 is 0 Å².